The monoisotopic (exact) mass is 381 g/mol. The van der Waals surface area contributed by atoms with Crippen LogP contribution in [0.5, 0.6) is 11.5 Å². The maximum atomic E-state index is 12.2. The van der Waals surface area contributed by atoms with Crippen LogP contribution in [-0.2, 0) is 20.7 Å². The molecular formula is C21H19NO6. The summed E-state index contributed by atoms with van der Waals surface area (Å²) in [5.74, 6) is 0.421. The molecule has 2 aromatic carbocycles. The molecule has 2 heterocycles. The minimum absolute atomic E-state index is 0.0582. The molecule has 4 rings (SSSR count). The van der Waals surface area contributed by atoms with Gasteiger partial charge in [0.15, 0.2) is 23.9 Å². The first-order valence-electron chi connectivity index (χ1n) is 9.08. The Labute approximate surface area is 161 Å². The van der Waals surface area contributed by atoms with E-state index in [1.165, 1.54) is 0 Å². The second-order valence-electron chi connectivity index (χ2n) is 6.64. The molecule has 2 aliphatic heterocycles. The fraction of sp³-hybridized carbons (Fsp3) is 0.286. The van der Waals surface area contributed by atoms with Crippen molar-refractivity contribution in [2.24, 2.45) is 0 Å². The van der Waals surface area contributed by atoms with Gasteiger partial charge in [0.1, 0.15) is 0 Å². The molecule has 0 saturated carbocycles. The molecule has 7 heteroatoms. The van der Waals surface area contributed by atoms with E-state index in [1.54, 1.807) is 35.2 Å². The minimum atomic E-state index is -0.487. The maximum absolute atomic E-state index is 12.2. The van der Waals surface area contributed by atoms with Crippen LogP contribution in [0.3, 0.4) is 0 Å². The first-order chi connectivity index (χ1) is 13.6. The Morgan fingerprint density at radius 1 is 1.04 bits per heavy atom. The summed E-state index contributed by atoms with van der Waals surface area (Å²) in [6.45, 7) is 0.522. The zero-order valence-corrected chi connectivity index (χ0v) is 15.2. The van der Waals surface area contributed by atoms with Crippen molar-refractivity contribution < 1.29 is 28.6 Å². The highest BCUT2D eigenvalue weighted by atomic mass is 16.7. The average Bonchev–Trinajstić information content (AvgIpc) is 3.35. The van der Waals surface area contributed by atoms with Gasteiger partial charge in [0.2, 0.25) is 12.7 Å². The standard InChI is InChI=1S/C21H19NO6/c23-17(15-5-8-18-19(11-15)28-13-27-18)12-26-21(25)10-14-3-6-16(7-4-14)22-9-1-2-20(22)24/h3-8,11H,1-2,9-10,12-13H2. The van der Waals surface area contributed by atoms with Crippen LogP contribution in [0.15, 0.2) is 42.5 Å². The number of carbonyl (C=O) groups is 3. The van der Waals surface area contributed by atoms with Gasteiger partial charge in [-0.1, -0.05) is 12.1 Å². The molecule has 1 amide bonds. The fourth-order valence-corrected chi connectivity index (χ4v) is 3.23. The van der Waals surface area contributed by atoms with Crippen molar-refractivity contribution in [1.82, 2.24) is 0 Å². The van der Waals surface area contributed by atoms with Crippen LogP contribution in [0.4, 0.5) is 5.69 Å². The first-order valence-corrected chi connectivity index (χ1v) is 9.08. The Balaban J connectivity index is 1.29. The Kier molecular flexibility index (Phi) is 4.97. The van der Waals surface area contributed by atoms with E-state index in [4.69, 9.17) is 14.2 Å². The van der Waals surface area contributed by atoms with Gasteiger partial charge in [-0.3, -0.25) is 14.4 Å². The van der Waals surface area contributed by atoms with Crippen molar-refractivity contribution in [3.8, 4) is 11.5 Å². The average molecular weight is 381 g/mol. The number of ether oxygens (including phenoxy) is 3. The molecule has 2 aromatic rings. The Hall–Kier alpha value is -3.35. The summed E-state index contributed by atoms with van der Waals surface area (Å²) in [5.41, 5.74) is 1.99. The fourth-order valence-electron chi connectivity index (χ4n) is 3.23. The molecule has 7 nitrogen and oxygen atoms in total. The van der Waals surface area contributed by atoms with Crippen LogP contribution in [0.25, 0.3) is 0 Å². The molecule has 144 valence electrons. The SMILES string of the molecule is O=C(Cc1ccc(N2CCCC2=O)cc1)OCC(=O)c1ccc2c(c1)OCO2. The number of hydrogen-bond acceptors (Lipinski definition) is 6. The molecular weight excluding hydrogens is 362 g/mol. The maximum Gasteiger partial charge on any atom is 0.310 e. The molecule has 0 N–H and O–H groups in total. The quantitative estimate of drug-likeness (QED) is 0.565. The number of benzene rings is 2. The molecule has 0 aliphatic carbocycles. The number of hydrogen-bond donors (Lipinski definition) is 0. The smallest absolute Gasteiger partial charge is 0.310 e. The number of esters is 1. The zero-order chi connectivity index (χ0) is 19.5. The second kappa shape index (κ2) is 7.72. The number of ketones is 1. The summed E-state index contributed by atoms with van der Waals surface area (Å²) >= 11 is 0. The molecule has 0 unspecified atom stereocenters. The van der Waals surface area contributed by atoms with Gasteiger partial charge in [0, 0.05) is 24.2 Å². The van der Waals surface area contributed by atoms with Crippen molar-refractivity contribution in [3.63, 3.8) is 0 Å². The normalized spacial score (nSPS) is 15.0. The third-order valence-electron chi connectivity index (χ3n) is 4.73. The van der Waals surface area contributed by atoms with Crippen molar-refractivity contribution in [3.05, 3.63) is 53.6 Å². The molecule has 0 bridgehead atoms. The lowest BCUT2D eigenvalue weighted by molar-refractivity contribution is -0.141. The Morgan fingerprint density at radius 2 is 1.82 bits per heavy atom. The van der Waals surface area contributed by atoms with Crippen LogP contribution < -0.4 is 14.4 Å². The highest BCUT2D eigenvalue weighted by Gasteiger charge is 2.21. The molecule has 1 saturated heterocycles. The second-order valence-corrected chi connectivity index (χ2v) is 6.64. The first kappa shape index (κ1) is 18.0. The van der Waals surface area contributed by atoms with Gasteiger partial charge in [0.05, 0.1) is 6.42 Å². The topological polar surface area (TPSA) is 82.1 Å². The highest BCUT2D eigenvalue weighted by Crippen LogP contribution is 2.32. The predicted molar refractivity (Wildman–Crippen MR) is 99.6 cm³/mol. The lowest BCUT2D eigenvalue weighted by Crippen LogP contribution is -2.23. The van der Waals surface area contributed by atoms with Gasteiger partial charge in [0.25, 0.3) is 0 Å². The van der Waals surface area contributed by atoms with Gasteiger partial charge < -0.3 is 19.1 Å². The Bertz CT molecular complexity index is 921. The van der Waals surface area contributed by atoms with Gasteiger partial charge >= 0.3 is 5.97 Å². The van der Waals surface area contributed by atoms with E-state index in [9.17, 15) is 14.4 Å². The van der Waals surface area contributed by atoms with Crippen molar-refractivity contribution in [2.75, 3.05) is 24.8 Å². The summed E-state index contributed by atoms with van der Waals surface area (Å²) in [4.78, 5) is 37.8. The van der Waals surface area contributed by atoms with Gasteiger partial charge in [-0.25, -0.2) is 0 Å². The third-order valence-corrected chi connectivity index (χ3v) is 4.73. The summed E-state index contributed by atoms with van der Waals surface area (Å²) < 4.78 is 15.5. The molecule has 1 fully saturated rings. The Morgan fingerprint density at radius 3 is 2.57 bits per heavy atom. The van der Waals surface area contributed by atoms with Crippen molar-refractivity contribution >= 4 is 23.3 Å². The summed E-state index contributed by atoms with van der Waals surface area (Å²) in [7, 11) is 0. The number of fused-ring (bicyclic) bond motifs is 1. The van der Waals surface area contributed by atoms with Crippen LogP contribution in [-0.4, -0.2) is 37.6 Å². The number of carbonyl (C=O) groups excluding carboxylic acids is 3. The van der Waals surface area contributed by atoms with Crippen LogP contribution in [0.1, 0.15) is 28.8 Å². The van der Waals surface area contributed by atoms with E-state index >= 15 is 0 Å². The molecule has 0 aromatic heterocycles. The molecule has 28 heavy (non-hydrogen) atoms. The molecule has 0 atom stereocenters. The van der Waals surface area contributed by atoms with E-state index in [0.717, 1.165) is 24.2 Å². The zero-order valence-electron chi connectivity index (χ0n) is 15.2. The van der Waals surface area contributed by atoms with Crippen LogP contribution >= 0.6 is 0 Å². The molecule has 0 radical (unpaired) electrons. The lowest BCUT2D eigenvalue weighted by Gasteiger charge is -2.15. The number of amides is 1. The highest BCUT2D eigenvalue weighted by molar-refractivity contribution is 5.98. The molecule has 0 spiro atoms. The van der Waals surface area contributed by atoms with Gasteiger partial charge in [-0.15, -0.1) is 0 Å². The van der Waals surface area contributed by atoms with Gasteiger partial charge in [-0.05, 0) is 42.3 Å². The van der Waals surface area contributed by atoms with Gasteiger partial charge in [-0.2, -0.15) is 0 Å². The minimum Gasteiger partial charge on any atom is -0.457 e. The number of Topliss-reactive ketones (excluding diaryl/α,β-unsaturated/α-hetero) is 1. The summed E-state index contributed by atoms with van der Waals surface area (Å²) in [5, 5.41) is 0. The summed E-state index contributed by atoms with van der Waals surface area (Å²) in [6, 6.07) is 12.1. The van der Waals surface area contributed by atoms with Crippen molar-refractivity contribution in [2.45, 2.75) is 19.3 Å². The van der Waals surface area contributed by atoms with Crippen LogP contribution in [0.2, 0.25) is 0 Å². The number of nitrogens with zero attached hydrogens (tertiary/aromatic N) is 1. The largest absolute Gasteiger partial charge is 0.457 e. The van der Waals surface area contributed by atoms with E-state index < -0.39 is 5.97 Å². The van der Waals surface area contributed by atoms with Crippen LogP contribution in [0, 0.1) is 0 Å². The van der Waals surface area contributed by atoms with E-state index in [-0.39, 0.29) is 31.5 Å². The number of anilines is 1. The van der Waals surface area contributed by atoms with Crippen molar-refractivity contribution in [1.29, 1.82) is 0 Å². The third kappa shape index (κ3) is 3.83. The predicted octanol–water partition coefficient (Wildman–Crippen LogP) is 2.51. The number of rotatable bonds is 6. The van der Waals surface area contributed by atoms with E-state index in [0.29, 0.717) is 23.5 Å². The summed E-state index contributed by atoms with van der Waals surface area (Å²) in [6.07, 6.45) is 1.50. The lowest BCUT2D eigenvalue weighted by atomic mass is 10.1. The molecule has 2 aliphatic rings. The van der Waals surface area contributed by atoms with E-state index in [2.05, 4.69) is 0 Å². The van der Waals surface area contributed by atoms with E-state index in [1.807, 2.05) is 12.1 Å².